The highest BCUT2D eigenvalue weighted by Crippen LogP contribution is 2.30. The Bertz CT molecular complexity index is 606. The summed E-state index contributed by atoms with van der Waals surface area (Å²) < 4.78 is 11.0. The van der Waals surface area contributed by atoms with Crippen LogP contribution in [0.1, 0.15) is 18.2 Å². The molecule has 1 heterocycles. The number of para-hydroxylation sites is 1. The van der Waals surface area contributed by atoms with Crippen molar-refractivity contribution < 1.29 is 9.47 Å². The van der Waals surface area contributed by atoms with E-state index in [9.17, 15) is 4.79 Å². The van der Waals surface area contributed by atoms with Crippen LogP contribution in [0.4, 0.5) is 0 Å². The van der Waals surface area contributed by atoms with Gasteiger partial charge in [-0.05, 0) is 13.0 Å². The molecule has 1 aromatic heterocycles. The molecule has 0 atom stereocenters. The predicted octanol–water partition coefficient (Wildman–Crippen LogP) is 2.13. The molecular formula is C14H18N2O3S. The van der Waals surface area contributed by atoms with E-state index in [1.807, 2.05) is 30.5 Å². The van der Waals surface area contributed by atoms with Gasteiger partial charge in [0.05, 0.1) is 13.7 Å². The maximum absolute atomic E-state index is 11.0. The molecule has 0 saturated carbocycles. The molecule has 0 radical (unpaired) electrons. The molecular weight excluding hydrogens is 276 g/mol. The molecule has 5 nitrogen and oxygen atoms in total. The minimum absolute atomic E-state index is 0.0299. The topological polar surface area (TPSA) is 63.3 Å². The smallest absolute Gasteiger partial charge is 0.304 e. The van der Waals surface area contributed by atoms with Gasteiger partial charge in [-0.25, -0.2) is 0 Å². The molecule has 108 valence electrons. The molecule has 0 fully saturated rings. The van der Waals surface area contributed by atoms with Gasteiger partial charge in [0, 0.05) is 29.7 Å². The van der Waals surface area contributed by atoms with Crippen molar-refractivity contribution in [3.05, 3.63) is 44.5 Å². The average molecular weight is 294 g/mol. The van der Waals surface area contributed by atoms with Gasteiger partial charge in [0.15, 0.2) is 11.5 Å². The van der Waals surface area contributed by atoms with Crippen LogP contribution in [0, 0.1) is 0 Å². The van der Waals surface area contributed by atoms with Crippen molar-refractivity contribution in [2.75, 3.05) is 13.7 Å². The minimum atomic E-state index is -0.0299. The first-order valence-corrected chi connectivity index (χ1v) is 7.28. The molecule has 0 aliphatic heterocycles. The standard InChI is InChI=1S/C14H18N2O3S/c1-3-19-12-6-4-5-10(13(12)18-2)7-15-8-11-9-20-14(17)16-11/h4-6,9,15H,3,7-8H2,1-2H3,(H,16,17). The maximum atomic E-state index is 11.0. The van der Waals surface area contributed by atoms with E-state index < -0.39 is 0 Å². The highest BCUT2D eigenvalue weighted by atomic mass is 32.1. The van der Waals surface area contributed by atoms with E-state index in [0.29, 0.717) is 19.7 Å². The fraction of sp³-hybridized carbons (Fsp3) is 0.357. The fourth-order valence-corrected chi connectivity index (χ4v) is 2.52. The van der Waals surface area contributed by atoms with Crippen LogP contribution in [0.5, 0.6) is 11.5 Å². The third-order valence-corrected chi connectivity index (χ3v) is 3.48. The van der Waals surface area contributed by atoms with E-state index in [0.717, 1.165) is 22.8 Å². The van der Waals surface area contributed by atoms with E-state index >= 15 is 0 Å². The van der Waals surface area contributed by atoms with E-state index in [-0.39, 0.29) is 4.87 Å². The monoisotopic (exact) mass is 294 g/mol. The van der Waals surface area contributed by atoms with E-state index in [1.54, 1.807) is 7.11 Å². The van der Waals surface area contributed by atoms with Crippen molar-refractivity contribution in [2.45, 2.75) is 20.0 Å². The number of benzene rings is 1. The maximum Gasteiger partial charge on any atom is 0.304 e. The van der Waals surface area contributed by atoms with Crippen LogP contribution in [-0.2, 0) is 13.1 Å². The Hall–Kier alpha value is -1.79. The first-order chi connectivity index (χ1) is 9.74. The number of thiazole rings is 1. The Kier molecular flexibility index (Phi) is 5.20. The average Bonchev–Trinajstić information content (AvgIpc) is 2.85. The quantitative estimate of drug-likeness (QED) is 0.821. The molecule has 2 rings (SSSR count). The van der Waals surface area contributed by atoms with Crippen LogP contribution in [-0.4, -0.2) is 18.7 Å². The summed E-state index contributed by atoms with van der Waals surface area (Å²) in [6.45, 7) is 3.80. The van der Waals surface area contributed by atoms with Gasteiger partial charge < -0.3 is 19.8 Å². The van der Waals surface area contributed by atoms with Crippen LogP contribution >= 0.6 is 11.3 Å². The van der Waals surface area contributed by atoms with Crippen molar-refractivity contribution in [3.63, 3.8) is 0 Å². The number of aromatic nitrogens is 1. The number of nitrogens with one attached hydrogen (secondary N) is 2. The van der Waals surface area contributed by atoms with Crippen LogP contribution in [0.15, 0.2) is 28.4 Å². The number of hydrogen-bond donors (Lipinski definition) is 2. The van der Waals surface area contributed by atoms with Crippen molar-refractivity contribution in [1.29, 1.82) is 0 Å². The third-order valence-electron chi connectivity index (χ3n) is 2.77. The summed E-state index contributed by atoms with van der Waals surface area (Å²) in [7, 11) is 1.64. The van der Waals surface area contributed by atoms with Gasteiger partial charge in [-0.3, -0.25) is 4.79 Å². The molecule has 6 heteroatoms. The summed E-state index contributed by atoms with van der Waals surface area (Å²) in [5.74, 6) is 1.50. The second-order valence-electron chi connectivity index (χ2n) is 4.16. The molecule has 20 heavy (non-hydrogen) atoms. The summed E-state index contributed by atoms with van der Waals surface area (Å²) in [5, 5.41) is 5.10. The number of ether oxygens (including phenoxy) is 2. The van der Waals surface area contributed by atoms with E-state index in [1.165, 1.54) is 11.3 Å². The van der Waals surface area contributed by atoms with Crippen LogP contribution in [0.2, 0.25) is 0 Å². The number of hydrogen-bond acceptors (Lipinski definition) is 5. The zero-order valence-electron chi connectivity index (χ0n) is 11.6. The van der Waals surface area contributed by atoms with E-state index in [2.05, 4.69) is 10.3 Å². The molecule has 0 saturated heterocycles. The first kappa shape index (κ1) is 14.6. The van der Waals surface area contributed by atoms with Crippen molar-refractivity contribution in [3.8, 4) is 11.5 Å². The molecule has 2 N–H and O–H groups in total. The number of aromatic amines is 1. The first-order valence-electron chi connectivity index (χ1n) is 6.40. The Morgan fingerprint density at radius 1 is 1.35 bits per heavy atom. The van der Waals surface area contributed by atoms with Crippen molar-refractivity contribution in [2.24, 2.45) is 0 Å². The molecule has 0 unspecified atom stereocenters. The lowest BCUT2D eigenvalue weighted by molar-refractivity contribution is 0.308. The summed E-state index contributed by atoms with van der Waals surface area (Å²) in [6.07, 6.45) is 0. The van der Waals surface area contributed by atoms with E-state index in [4.69, 9.17) is 9.47 Å². The van der Waals surface area contributed by atoms with Gasteiger partial charge in [-0.15, -0.1) is 0 Å². The second kappa shape index (κ2) is 7.12. The number of rotatable bonds is 7. The second-order valence-corrected chi connectivity index (χ2v) is 5.00. The van der Waals surface area contributed by atoms with Crippen LogP contribution in [0.25, 0.3) is 0 Å². The molecule has 2 aromatic rings. The zero-order valence-corrected chi connectivity index (χ0v) is 12.4. The lowest BCUT2D eigenvalue weighted by Crippen LogP contribution is -2.14. The normalized spacial score (nSPS) is 10.5. The summed E-state index contributed by atoms with van der Waals surface area (Å²) >= 11 is 1.17. The van der Waals surface area contributed by atoms with Gasteiger partial charge in [0.25, 0.3) is 0 Å². The number of H-pyrrole nitrogens is 1. The molecule has 0 amide bonds. The fourth-order valence-electron chi connectivity index (χ4n) is 1.93. The SMILES string of the molecule is CCOc1cccc(CNCc2csc(=O)[nH]2)c1OC. The lowest BCUT2D eigenvalue weighted by atomic mass is 10.2. The summed E-state index contributed by atoms with van der Waals surface area (Å²) in [6, 6.07) is 5.82. The van der Waals surface area contributed by atoms with Gasteiger partial charge in [-0.1, -0.05) is 23.5 Å². The summed E-state index contributed by atoms with van der Waals surface area (Å²) in [4.78, 5) is 13.8. The Morgan fingerprint density at radius 3 is 2.85 bits per heavy atom. The van der Waals surface area contributed by atoms with Crippen LogP contribution < -0.4 is 19.7 Å². The number of methoxy groups -OCH3 is 1. The highest BCUT2D eigenvalue weighted by molar-refractivity contribution is 7.07. The zero-order chi connectivity index (χ0) is 14.4. The van der Waals surface area contributed by atoms with Crippen LogP contribution in [0.3, 0.4) is 0 Å². The Labute approximate surface area is 121 Å². The molecule has 0 spiro atoms. The molecule has 0 bridgehead atoms. The van der Waals surface area contributed by atoms with Gasteiger partial charge in [0.2, 0.25) is 0 Å². The van der Waals surface area contributed by atoms with Gasteiger partial charge in [-0.2, -0.15) is 0 Å². The third kappa shape index (κ3) is 3.61. The lowest BCUT2D eigenvalue weighted by Gasteiger charge is -2.13. The van der Waals surface area contributed by atoms with Crippen molar-refractivity contribution >= 4 is 11.3 Å². The van der Waals surface area contributed by atoms with Gasteiger partial charge >= 0.3 is 4.87 Å². The Morgan fingerprint density at radius 2 is 2.20 bits per heavy atom. The van der Waals surface area contributed by atoms with Crippen molar-refractivity contribution in [1.82, 2.24) is 10.3 Å². The predicted molar refractivity (Wildman–Crippen MR) is 79.6 cm³/mol. The molecule has 1 aromatic carbocycles. The largest absolute Gasteiger partial charge is 0.493 e. The van der Waals surface area contributed by atoms with Gasteiger partial charge in [0.1, 0.15) is 0 Å². The Balaban J connectivity index is 2.01. The highest BCUT2D eigenvalue weighted by Gasteiger charge is 2.09. The summed E-state index contributed by atoms with van der Waals surface area (Å²) in [5.41, 5.74) is 1.91. The molecule has 0 aliphatic carbocycles. The minimum Gasteiger partial charge on any atom is -0.493 e. The molecule has 0 aliphatic rings.